The molecule has 0 bridgehead atoms. The number of hydrogen-bond donors (Lipinski definition) is 2. The second-order valence-corrected chi connectivity index (χ2v) is 6.68. The number of ether oxygens (including phenoxy) is 1. The van der Waals surface area contributed by atoms with Crippen LogP contribution in [0.2, 0.25) is 0 Å². The van der Waals surface area contributed by atoms with Crippen molar-refractivity contribution in [2.75, 3.05) is 7.11 Å². The van der Waals surface area contributed by atoms with E-state index in [1.807, 2.05) is 20.0 Å². The molecule has 0 fully saturated rings. The van der Waals surface area contributed by atoms with Crippen molar-refractivity contribution in [3.8, 4) is 5.88 Å². The first-order valence-electron chi connectivity index (χ1n) is 8.71. The largest absolute Gasteiger partial charge is 0.481 e. The van der Waals surface area contributed by atoms with Crippen molar-refractivity contribution in [2.24, 2.45) is 7.05 Å². The van der Waals surface area contributed by atoms with Crippen molar-refractivity contribution in [3.63, 3.8) is 0 Å². The Morgan fingerprint density at radius 1 is 1.32 bits per heavy atom. The number of benzene rings is 1. The van der Waals surface area contributed by atoms with Gasteiger partial charge in [0, 0.05) is 7.05 Å². The van der Waals surface area contributed by atoms with E-state index in [0.29, 0.717) is 18.3 Å². The summed E-state index contributed by atoms with van der Waals surface area (Å²) < 4.78 is 7.05. The first kappa shape index (κ1) is 17.3. The van der Waals surface area contributed by atoms with Crippen LogP contribution in [-0.4, -0.2) is 22.9 Å². The molecule has 0 saturated heterocycles. The minimum absolute atomic E-state index is 0.0595. The normalized spacial score (nSPS) is 19.2. The molecular weight excluding hydrogens is 316 g/mol. The fraction of sp³-hybridized carbons (Fsp3) is 0.474. The van der Waals surface area contributed by atoms with E-state index < -0.39 is 0 Å². The van der Waals surface area contributed by atoms with Crippen molar-refractivity contribution >= 4 is 6.03 Å². The van der Waals surface area contributed by atoms with Gasteiger partial charge in [0.1, 0.15) is 0 Å². The van der Waals surface area contributed by atoms with Gasteiger partial charge in [-0.05, 0) is 36.8 Å². The number of amides is 2. The first-order chi connectivity index (χ1) is 12.0. The number of rotatable bonds is 4. The van der Waals surface area contributed by atoms with Gasteiger partial charge in [0.25, 0.3) is 0 Å². The van der Waals surface area contributed by atoms with Gasteiger partial charge in [-0.25, -0.2) is 9.48 Å². The number of urea groups is 1. The minimum atomic E-state index is -0.167. The Morgan fingerprint density at radius 2 is 2.04 bits per heavy atom. The van der Waals surface area contributed by atoms with Crippen LogP contribution in [0.25, 0.3) is 0 Å². The van der Waals surface area contributed by atoms with Crippen LogP contribution >= 0.6 is 0 Å². The third-order valence-electron chi connectivity index (χ3n) is 5.00. The molecule has 25 heavy (non-hydrogen) atoms. The molecular formula is C19H26N4O2. The van der Waals surface area contributed by atoms with Crippen LogP contribution in [0.4, 0.5) is 4.79 Å². The van der Waals surface area contributed by atoms with Gasteiger partial charge in [-0.15, -0.1) is 0 Å². The smallest absolute Gasteiger partial charge is 0.315 e. The molecule has 1 heterocycles. The summed E-state index contributed by atoms with van der Waals surface area (Å²) in [6.07, 6.45) is 2.04. The average Bonchev–Trinajstić information content (AvgIpc) is 2.88. The molecule has 1 aliphatic carbocycles. The molecule has 1 aliphatic rings. The standard InChI is InChI=1S/C19H26N4O2/c1-12-9-10-17(15-8-6-5-7-14(12)15)21-19(24)20-11-16-13(2)22-23(3)18(16)25-4/h5-8,12,17H,9-11H2,1-4H3,(H2,20,21,24)/t12-,17+/m0/s1. The lowest BCUT2D eigenvalue weighted by Gasteiger charge is -2.30. The molecule has 1 aromatic carbocycles. The predicted octanol–water partition coefficient (Wildman–Crippen LogP) is 3.17. The molecule has 2 aromatic rings. The van der Waals surface area contributed by atoms with Crippen molar-refractivity contribution < 1.29 is 9.53 Å². The van der Waals surface area contributed by atoms with Crippen molar-refractivity contribution in [3.05, 3.63) is 46.6 Å². The monoisotopic (exact) mass is 342 g/mol. The van der Waals surface area contributed by atoms with Gasteiger partial charge in [0.2, 0.25) is 5.88 Å². The zero-order chi connectivity index (χ0) is 18.0. The fourth-order valence-corrected chi connectivity index (χ4v) is 3.67. The van der Waals surface area contributed by atoms with E-state index in [1.165, 1.54) is 11.1 Å². The molecule has 0 unspecified atom stereocenters. The van der Waals surface area contributed by atoms with E-state index in [1.54, 1.807) is 11.8 Å². The molecule has 0 saturated carbocycles. The van der Waals surface area contributed by atoms with Gasteiger partial charge < -0.3 is 15.4 Å². The summed E-state index contributed by atoms with van der Waals surface area (Å²) in [5.41, 5.74) is 4.32. The third kappa shape index (κ3) is 3.48. The first-order valence-corrected chi connectivity index (χ1v) is 8.71. The fourth-order valence-electron chi connectivity index (χ4n) is 3.67. The van der Waals surface area contributed by atoms with Crippen molar-refractivity contribution in [1.82, 2.24) is 20.4 Å². The molecule has 1 aromatic heterocycles. The number of carbonyl (C=O) groups excluding carboxylic acids is 1. The van der Waals surface area contributed by atoms with Crippen LogP contribution in [0.1, 0.15) is 54.1 Å². The number of aromatic nitrogens is 2. The maximum Gasteiger partial charge on any atom is 0.315 e. The Bertz CT molecular complexity index is 769. The van der Waals surface area contributed by atoms with Crippen LogP contribution in [0.3, 0.4) is 0 Å². The number of hydrogen-bond acceptors (Lipinski definition) is 3. The molecule has 2 atom stereocenters. The van der Waals surface area contributed by atoms with Crippen LogP contribution < -0.4 is 15.4 Å². The lowest BCUT2D eigenvalue weighted by atomic mass is 9.81. The minimum Gasteiger partial charge on any atom is -0.481 e. The average molecular weight is 342 g/mol. The molecule has 6 nitrogen and oxygen atoms in total. The number of fused-ring (bicyclic) bond motifs is 1. The van der Waals surface area contributed by atoms with Crippen LogP contribution in [0, 0.1) is 6.92 Å². The third-order valence-corrected chi connectivity index (χ3v) is 5.00. The Labute approximate surface area is 148 Å². The van der Waals surface area contributed by atoms with Crippen LogP contribution in [0.5, 0.6) is 5.88 Å². The molecule has 134 valence electrons. The summed E-state index contributed by atoms with van der Waals surface area (Å²) >= 11 is 0. The summed E-state index contributed by atoms with van der Waals surface area (Å²) in [5.74, 6) is 1.22. The molecule has 0 spiro atoms. The van der Waals surface area contributed by atoms with Gasteiger partial charge in [0.05, 0.1) is 31.0 Å². The summed E-state index contributed by atoms with van der Waals surface area (Å²) in [6, 6.07) is 8.27. The van der Waals surface area contributed by atoms with E-state index in [-0.39, 0.29) is 12.1 Å². The quantitative estimate of drug-likeness (QED) is 0.897. The molecule has 0 radical (unpaired) electrons. The summed E-state index contributed by atoms with van der Waals surface area (Å²) in [5, 5.41) is 10.4. The Morgan fingerprint density at radius 3 is 2.76 bits per heavy atom. The van der Waals surface area contributed by atoms with Gasteiger partial charge in [-0.2, -0.15) is 5.10 Å². The Balaban J connectivity index is 1.65. The SMILES string of the molecule is COc1c(CNC(=O)N[C@@H]2CC[C@H](C)c3ccccc32)c(C)nn1C. The highest BCUT2D eigenvalue weighted by Gasteiger charge is 2.25. The van der Waals surface area contributed by atoms with E-state index in [4.69, 9.17) is 4.74 Å². The van der Waals surface area contributed by atoms with Crippen LogP contribution in [0.15, 0.2) is 24.3 Å². The molecule has 6 heteroatoms. The summed E-state index contributed by atoms with van der Waals surface area (Å²) in [4.78, 5) is 12.4. The number of methoxy groups -OCH3 is 1. The van der Waals surface area contributed by atoms with Crippen molar-refractivity contribution in [2.45, 2.75) is 45.2 Å². The lowest BCUT2D eigenvalue weighted by molar-refractivity contribution is 0.234. The number of aryl methyl sites for hydroxylation is 2. The Kier molecular flexibility index (Phi) is 4.97. The molecule has 0 aliphatic heterocycles. The highest BCUT2D eigenvalue weighted by atomic mass is 16.5. The molecule has 2 amide bonds. The van der Waals surface area contributed by atoms with Crippen molar-refractivity contribution in [1.29, 1.82) is 0 Å². The maximum absolute atomic E-state index is 12.4. The van der Waals surface area contributed by atoms with E-state index in [2.05, 4.69) is 40.9 Å². The predicted molar refractivity (Wildman–Crippen MR) is 96.7 cm³/mol. The molecule has 3 rings (SSSR count). The Hall–Kier alpha value is -2.50. The van der Waals surface area contributed by atoms with Gasteiger partial charge in [-0.3, -0.25) is 0 Å². The van der Waals surface area contributed by atoms with Crippen LogP contribution in [-0.2, 0) is 13.6 Å². The zero-order valence-electron chi connectivity index (χ0n) is 15.3. The zero-order valence-corrected chi connectivity index (χ0v) is 15.3. The number of nitrogens with one attached hydrogen (secondary N) is 2. The highest BCUT2D eigenvalue weighted by molar-refractivity contribution is 5.74. The summed E-state index contributed by atoms with van der Waals surface area (Å²) in [7, 11) is 3.44. The van der Waals surface area contributed by atoms with Gasteiger partial charge >= 0.3 is 6.03 Å². The van der Waals surface area contributed by atoms with E-state index in [9.17, 15) is 4.79 Å². The van der Waals surface area contributed by atoms with Gasteiger partial charge in [0.15, 0.2) is 0 Å². The maximum atomic E-state index is 12.4. The number of nitrogens with zero attached hydrogens (tertiary/aromatic N) is 2. The lowest BCUT2D eigenvalue weighted by Crippen LogP contribution is -2.39. The number of carbonyl (C=O) groups is 1. The van der Waals surface area contributed by atoms with E-state index in [0.717, 1.165) is 24.1 Å². The van der Waals surface area contributed by atoms with E-state index >= 15 is 0 Å². The van der Waals surface area contributed by atoms with Gasteiger partial charge in [-0.1, -0.05) is 31.2 Å². The second-order valence-electron chi connectivity index (χ2n) is 6.68. The highest BCUT2D eigenvalue weighted by Crippen LogP contribution is 2.36. The summed E-state index contributed by atoms with van der Waals surface area (Å²) in [6.45, 7) is 4.54. The topological polar surface area (TPSA) is 68.2 Å². The molecule has 2 N–H and O–H groups in total. The second kappa shape index (κ2) is 7.17.